The molecule has 0 bridgehead atoms. The Morgan fingerprint density at radius 1 is 1.29 bits per heavy atom. The standard InChI is InChI=1S/C17H27NO3/c1-6-9-18-14(5)15-7-8-16(13(4)10-15)20-11-17(19)21-12(2)3/h7-8,10,12,14,18H,6,9,11H2,1-5H3. The number of hydrogen-bond donors (Lipinski definition) is 1. The Bertz CT molecular complexity index is 457. The first kappa shape index (κ1) is 17.5. The van der Waals surface area contributed by atoms with Crippen LogP contribution >= 0.6 is 0 Å². The maximum Gasteiger partial charge on any atom is 0.344 e. The Morgan fingerprint density at radius 3 is 2.57 bits per heavy atom. The van der Waals surface area contributed by atoms with Crippen LogP contribution in [0.5, 0.6) is 5.75 Å². The van der Waals surface area contributed by atoms with Crippen molar-refractivity contribution < 1.29 is 14.3 Å². The molecular formula is C17H27NO3. The second kappa shape index (κ2) is 8.67. The first-order valence-electron chi connectivity index (χ1n) is 7.60. The van der Waals surface area contributed by atoms with Crippen molar-refractivity contribution in [3.63, 3.8) is 0 Å². The van der Waals surface area contributed by atoms with Crippen molar-refractivity contribution in [1.82, 2.24) is 5.32 Å². The number of nitrogens with one attached hydrogen (secondary N) is 1. The minimum Gasteiger partial charge on any atom is -0.482 e. The zero-order chi connectivity index (χ0) is 15.8. The highest BCUT2D eigenvalue weighted by Gasteiger charge is 2.10. The summed E-state index contributed by atoms with van der Waals surface area (Å²) in [7, 11) is 0. The maximum absolute atomic E-state index is 11.5. The van der Waals surface area contributed by atoms with Crippen molar-refractivity contribution >= 4 is 5.97 Å². The van der Waals surface area contributed by atoms with E-state index in [4.69, 9.17) is 9.47 Å². The molecule has 4 nitrogen and oxygen atoms in total. The minimum absolute atomic E-state index is 0.0536. The maximum atomic E-state index is 11.5. The van der Waals surface area contributed by atoms with Crippen LogP contribution in [0.3, 0.4) is 0 Å². The van der Waals surface area contributed by atoms with Gasteiger partial charge in [-0.1, -0.05) is 19.1 Å². The Morgan fingerprint density at radius 2 is 2.00 bits per heavy atom. The normalized spacial score (nSPS) is 12.3. The molecule has 0 aliphatic heterocycles. The minimum atomic E-state index is -0.341. The monoisotopic (exact) mass is 293 g/mol. The van der Waals surface area contributed by atoms with E-state index >= 15 is 0 Å². The van der Waals surface area contributed by atoms with Crippen LogP contribution in [0.15, 0.2) is 18.2 Å². The molecule has 0 aromatic heterocycles. The molecule has 0 fully saturated rings. The van der Waals surface area contributed by atoms with Gasteiger partial charge in [-0.25, -0.2) is 4.79 Å². The number of carbonyl (C=O) groups excluding carboxylic acids is 1. The van der Waals surface area contributed by atoms with Gasteiger partial charge in [0.2, 0.25) is 0 Å². The molecule has 1 unspecified atom stereocenters. The van der Waals surface area contributed by atoms with Gasteiger partial charge < -0.3 is 14.8 Å². The predicted molar refractivity (Wildman–Crippen MR) is 84.6 cm³/mol. The van der Waals surface area contributed by atoms with E-state index in [0.717, 1.165) is 24.3 Å². The second-order valence-corrected chi connectivity index (χ2v) is 5.53. The summed E-state index contributed by atoms with van der Waals surface area (Å²) in [6, 6.07) is 6.35. The van der Waals surface area contributed by atoms with Crippen LogP contribution in [-0.2, 0) is 9.53 Å². The molecule has 0 spiro atoms. The van der Waals surface area contributed by atoms with E-state index in [1.54, 1.807) is 0 Å². The summed E-state index contributed by atoms with van der Waals surface area (Å²) in [6.07, 6.45) is 0.998. The molecule has 0 aliphatic rings. The zero-order valence-electron chi connectivity index (χ0n) is 13.7. The third-order valence-electron chi connectivity index (χ3n) is 3.11. The summed E-state index contributed by atoms with van der Waals surface area (Å²) in [5.41, 5.74) is 2.24. The molecule has 0 aliphatic carbocycles. The average Bonchev–Trinajstić information content (AvgIpc) is 2.42. The van der Waals surface area contributed by atoms with Crippen LogP contribution in [0, 0.1) is 6.92 Å². The molecular weight excluding hydrogens is 266 g/mol. The van der Waals surface area contributed by atoms with Gasteiger partial charge in [-0.15, -0.1) is 0 Å². The lowest BCUT2D eigenvalue weighted by atomic mass is 10.0. The first-order valence-corrected chi connectivity index (χ1v) is 7.60. The Labute approximate surface area is 127 Å². The number of benzene rings is 1. The van der Waals surface area contributed by atoms with E-state index in [1.807, 2.05) is 32.9 Å². The lowest BCUT2D eigenvalue weighted by Crippen LogP contribution is -2.20. The SMILES string of the molecule is CCCNC(C)c1ccc(OCC(=O)OC(C)C)c(C)c1. The van der Waals surface area contributed by atoms with Gasteiger partial charge in [0, 0.05) is 6.04 Å². The van der Waals surface area contributed by atoms with Crippen molar-refractivity contribution in [2.24, 2.45) is 0 Å². The molecule has 0 radical (unpaired) electrons. The predicted octanol–water partition coefficient (Wildman–Crippen LogP) is 3.39. The fraction of sp³-hybridized carbons (Fsp3) is 0.588. The summed E-state index contributed by atoms with van der Waals surface area (Å²) < 4.78 is 10.6. The molecule has 0 amide bonds. The fourth-order valence-electron chi connectivity index (χ4n) is 2.02. The lowest BCUT2D eigenvalue weighted by molar-refractivity contribution is -0.149. The van der Waals surface area contributed by atoms with Gasteiger partial charge in [0.15, 0.2) is 6.61 Å². The van der Waals surface area contributed by atoms with E-state index in [2.05, 4.69) is 25.2 Å². The van der Waals surface area contributed by atoms with Crippen LogP contribution in [0.1, 0.15) is 51.3 Å². The molecule has 118 valence electrons. The van der Waals surface area contributed by atoms with E-state index < -0.39 is 0 Å². The number of carbonyl (C=O) groups is 1. The Kier molecular flexibility index (Phi) is 7.23. The Hall–Kier alpha value is -1.55. The van der Waals surface area contributed by atoms with Gasteiger partial charge in [-0.2, -0.15) is 0 Å². The third-order valence-corrected chi connectivity index (χ3v) is 3.11. The van der Waals surface area contributed by atoms with E-state index in [-0.39, 0.29) is 18.7 Å². The summed E-state index contributed by atoms with van der Waals surface area (Å²) in [4.78, 5) is 11.5. The summed E-state index contributed by atoms with van der Waals surface area (Å²) in [5, 5.41) is 3.45. The van der Waals surface area contributed by atoms with Crippen molar-refractivity contribution in [3.8, 4) is 5.75 Å². The van der Waals surface area contributed by atoms with Crippen molar-refractivity contribution in [2.45, 2.75) is 53.2 Å². The van der Waals surface area contributed by atoms with Crippen LogP contribution in [0.2, 0.25) is 0 Å². The number of rotatable bonds is 8. The highest BCUT2D eigenvalue weighted by atomic mass is 16.6. The highest BCUT2D eigenvalue weighted by molar-refractivity contribution is 5.71. The van der Waals surface area contributed by atoms with Gasteiger partial charge in [0.1, 0.15) is 5.75 Å². The van der Waals surface area contributed by atoms with E-state index in [0.29, 0.717) is 6.04 Å². The number of aryl methyl sites for hydroxylation is 1. The molecule has 1 rings (SSSR count). The summed E-state index contributed by atoms with van der Waals surface area (Å²) >= 11 is 0. The molecule has 1 aromatic carbocycles. The molecule has 1 N–H and O–H groups in total. The van der Waals surface area contributed by atoms with Crippen LogP contribution in [0.25, 0.3) is 0 Å². The smallest absolute Gasteiger partial charge is 0.344 e. The fourth-order valence-corrected chi connectivity index (χ4v) is 2.02. The topological polar surface area (TPSA) is 47.6 Å². The number of ether oxygens (including phenoxy) is 2. The third kappa shape index (κ3) is 6.17. The van der Waals surface area contributed by atoms with Gasteiger partial charge in [-0.05, 0) is 57.9 Å². The lowest BCUT2D eigenvalue weighted by Gasteiger charge is -2.16. The number of hydrogen-bond acceptors (Lipinski definition) is 4. The molecule has 21 heavy (non-hydrogen) atoms. The number of esters is 1. The second-order valence-electron chi connectivity index (χ2n) is 5.53. The molecule has 1 atom stereocenters. The van der Waals surface area contributed by atoms with Gasteiger partial charge in [0.25, 0.3) is 0 Å². The Balaban J connectivity index is 2.59. The van der Waals surface area contributed by atoms with E-state index in [1.165, 1.54) is 5.56 Å². The molecule has 0 heterocycles. The largest absolute Gasteiger partial charge is 0.482 e. The van der Waals surface area contributed by atoms with Crippen molar-refractivity contribution in [3.05, 3.63) is 29.3 Å². The van der Waals surface area contributed by atoms with E-state index in [9.17, 15) is 4.79 Å². The van der Waals surface area contributed by atoms with Crippen LogP contribution < -0.4 is 10.1 Å². The molecule has 4 heteroatoms. The van der Waals surface area contributed by atoms with Crippen LogP contribution in [-0.4, -0.2) is 25.2 Å². The van der Waals surface area contributed by atoms with Gasteiger partial charge in [-0.3, -0.25) is 0 Å². The first-order chi connectivity index (χ1) is 9.93. The molecule has 0 saturated carbocycles. The molecule has 1 aromatic rings. The summed E-state index contributed by atoms with van der Waals surface area (Å²) in [5.74, 6) is 0.383. The summed E-state index contributed by atoms with van der Waals surface area (Å²) in [6.45, 7) is 10.9. The van der Waals surface area contributed by atoms with Gasteiger partial charge >= 0.3 is 5.97 Å². The quantitative estimate of drug-likeness (QED) is 0.746. The van der Waals surface area contributed by atoms with Crippen LogP contribution in [0.4, 0.5) is 0 Å². The van der Waals surface area contributed by atoms with Gasteiger partial charge in [0.05, 0.1) is 6.10 Å². The molecule has 0 saturated heterocycles. The highest BCUT2D eigenvalue weighted by Crippen LogP contribution is 2.22. The average molecular weight is 293 g/mol. The van der Waals surface area contributed by atoms with Crippen molar-refractivity contribution in [1.29, 1.82) is 0 Å². The zero-order valence-corrected chi connectivity index (χ0v) is 13.7. The van der Waals surface area contributed by atoms with Crippen molar-refractivity contribution in [2.75, 3.05) is 13.2 Å².